The smallest absolute Gasteiger partial charge is 0.325 e. The molecule has 16 heteroatoms. The van der Waals surface area contributed by atoms with Gasteiger partial charge >= 0.3 is 6.03 Å². The highest BCUT2D eigenvalue weighted by atomic mass is 16.3. The summed E-state index contributed by atoms with van der Waals surface area (Å²) in [4.78, 5) is 54.9. The molecule has 4 amide bonds. The zero-order valence-corrected chi connectivity index (χ0v) is 34.9. The highest BCUT2D eigenvalue weighted by molar-refractivity contribution is 6.22. The fourth-order valence-electron chi connectivity index (χ4n) is 8.03. The van der Waals surface area contributed by atoms with Gasteiger partial charge in [-0.25, -0.2) is 14.7 Å². The summed E-state index contributed by atoms with van der Waals surface area (Å²) in [6.07, 6.45) is 2.68. The van der Waals surface area contributed by atoms with E-state index in [-0.39, 0.29) is 59.3 Å². The van der Waals surface area contributed by atoms with Gasteiger partial charge in [0.25, 0.3) is 0 Å². The molecule has 1 saturated heterocycles. The van der Waals surface area contributed by atoms with Crippen molar-refractivity contribution in [1.29, 1.82) is 5.41 Å². The number of nitrogens with one attached hydrogen (secondary N) is 3. The van der Waals surface area contributed by atoms with E-state index in [1.807, 2.05) is 38.1 Å². The zero-order chi connectivity index (χ0) is 44.1. The molecule has 1 aromatic heterocycles. The lowest BCUT2D eigenvalue weighted by Crippen LogP contribution is -2.49. The van der Waals surface area contributed by atoms with Crippen LogP contribution in [-0.4, -0.2) is 99.7 Å². The number of rotatable bonds is 13. The van der Waals surface area contributed by atoms with Crippen LogP contribution < -0.4 is 31.1 Å². The van der Waals surface area contributed by atoms with Gasteiger partial charge in [-0.2, -0.15) is 4.98 Å². The molecule has 0 bridgehead atoms. The number of phenols is 3. The third kappa shape index (κ3) is 9.33. The van der Waals surface area contributed by atoms with Crippen LogP contribution in [0.3, 0.4) is 0 Å². The number of hydrogen-bond donors (Lipinski definition) is 7. The molecule has 0 atom stereocenters. The minimum Gasteiger partial charge on any atom is -0.508 e. The Balaban J connectivity index is 0.981. The Morgan fingerprint density at radius 3 is 2.37 bits per heavy atom. The van der Waals surface area contributed by atoms with Gasteiger partial charge in [0, 0.05) is 81.0 Å². The molecule has 2 aliphatic heterocycles. The van der Waals surface area contributed by atoms with Crippen molar-refractivity contribution in [3.05, 3.63) is 113 Å². The van der Waals surface area contributed by atoms with E-state index < -0.39 is 6.03 Å². The van der Waals surface area contributed by atoms with Crippen molar-refractivity contribution in [3.8, 4) is 17.2 Å². The fraction of sp³-hybridized carbons (Fsp3) is 0.304. The average Bonchev–Trinajstić information content (AvgIpc) is 3.25. The molecule has 2 aliphatic rings. The summed E-state index contributed by atoms with van der Waals surface area (Å²) in [7, 11) is 0. The van der Waals surface area contributed by atoms with Gasteiger partial charge in [0.1, 0.15) is 28.9 Å². The Labute approximate surface area is 359 Å². The molecule has 4 aromatic carbocycles. The molecule has 16 nitrogen and oxygen atoms in total. The molecule has 0 unspecified atom stereocenters. The van der Waals surface area contributed by atoms with Crippen molar-refractivity contribution in [2.45, 2.75) is 45.6 Å². The number of urea groups is 1. The average molecular weight is 841 g/mol. The van der Waals surface area contributed by atoms with Crippen molar-refractivity contribution < 1.29 is 29.7 Å². The predicted molar refractivity (Wildman–Crippen MR) is 240 cm³/mol. The molecule has 322 valence electrons. The number of phenolic OH excluding ortho intramolecular Hbond substituents is 3. The van der Waals surface area contributed by atoms with Gasteiger partial charge in [0.05, 0.1) is 23.5 Å². The molecule has 0 saturated carbocycles. The summed E-state index contributed by atoms with van der Waals surface area (Å²) in [5.41, 5.74) is 10.2. The van der Waals surface area contributed by atoms with Gasteiger partial charge in [0.15, 0.2) is 0 Å². The third-order valence-electron chi connectivity index (χ3n) is 11.3. The summed E-state index contributed by atoms with van der Waals surface area (Å²) in [6.45, 7) is 11.5. The predicted octanol–water partition coefficient (Wildman–Crippen LogP) is 5.34. The number of piperazine rings is 1. The summed E-state index contributed by atoms with van der Waals surface area (Å²) in [5, 5.41) is 48.3. The highest BCUT2D eigenvalue weighted by Crippen LogP contribution is 2.37. The largest absolute Gasteiger partial charge is 0.508 e. The second-order valence-electron chi connectivity index (χ2n) is 15.7. The van der Waals surface area contributed by atoms with Crippen molar-refractivity contribution in [1.82, 2.24) is 20.2 Å². The van der Waals surface area contributed by atoms with Crippen LogP contribution in [0.1, 0.15) is 54.1 Å². The summed E-state index contributed by atoms with van der Waals surface area (Å²) in [6, 6.07) is 20.1. The minimum absolute atomic E-state index is 0.0485. The van der Waals surface area contributed by atoms with Gasteiger partial charge < -0.3 is 46.4 Å². The van der Waals surface area contributed by atoms with Crippen LogP contribution in [0.15, 0.2) is 85.5 Å². The zero-order valence-electron chi connectivity index (χ0n) is 34.9. The van der Waals surface area contributed by atoms with E-state index in [2.05, 4.69) is 27.0 Å². The van der Waals surface area contributed by atoms with Crippen LogP contribution in [0.4, 0.5) is 27.9 Å². The second-order valence-corrected chi connectivity index (χ2v) is 15.7. The van der Waals surface area contributed by atoms with Crippen LogP contribution in [-0.2, 0) is 29.0 Å². The third-order valence-corrected chi connectivity index (χ3v) is 11.3. The van der Waals surface area contributed by atoms with Crippen LogP contribution in [0.5, 0.6) is 17.2 Å². The Bertz CT molecular complexity index is 2520. The number of benzene rings is 4. The van der Waals surface area contributed by atoms with E-state index in [9.17, 15) is 29.7 Å². The first-order valence-electron chi connectivity index (χ1n) is 20.7. The maximum atomic E-state index is 13.0. The van der Waals surface area contributed by atoms with E-state index in [1.54, 1.807) is 41.3 Å². The van der Waals surface area contributed by atoms with Crippen molar-refractivity contribution in [2.24, 2.45) is 5.73 Å². The van der Waals surface area contributed by atoms with Crippen molar-refractivity contribution >= 4 is 57.6 Å². The van der Waals surface area contributed by atoms with E-state index >= 15 is 0 Å². The Morgan fingerprint density at radius 1 is 0.919 bits per heavy atom. The molecule has 3 heterocycles. The number of aromatic hydroxyl groups is 3. The molecule has 1 fully saturated rings. The number of carbonyl (C=O) groups is 3. The first-order valence-corrected chi connectivity index (χ1v) is 20.7. The van der Waals surface area contributed by atoms with E-state index in [4.69, 9.17) is 21.1 Å². The standard InChI is InChI=1S/C46H52N10O6/c1-4-42(61)53-19-21-54(22-20-53)44-34-15-18-55(38-24-32(57)23-30-7-5-6-8-33(30)38)27-37(34)51-46(52-44)50-17-14-41(60)49-16-13-29-9-11-31(12-10-29)56(45(48)62)43(47)36-25-35(28(2)3)39(58)26-40(36)59/h4-12,23-26,28,47,57-59H,1,13-22,27H2,2-3H3,(H2,48,62)(H,49,60)(H,50,51,52). The number of nitrogens with two attached hydrogens (primary N) is 1. The molecule has 0 radical (unpaired) electrons. The van der Waals surface area contributed by atoms with Gasteiger partial charge in [-0.1, -0.05) is 56.8 Å². The molecule has 5 aromatic rings. The van der Waals surface area contributed by atoms with Gasteiger partial charge in [0.2, 0.25) is 17.8 Å². The van der Waals surface area contributed by atoms with Crippen molar-refractivity contribution in [3.63, 3.8) is 0 Å². The van der Waals surface area contributed by atoms with Crippen molar-refractivity contribution in [2.75, 3.05) is 65.8 Å². The van der Waals surface area contributed by atoms with Crippen LogP contribution in [0, 0.1) is 5.41 Å². The molecular weight excluding hydrogens is 789 g/mol. The number of carbonyl (C=O) groups excluding carboxylic acids is 3. The lowest BCUT2D eigenvalue weighted by atomic mass is 9.98. The Hall–Kier alpha value is -7.36. The topological polar surface area (TPSA) is 225 Å². The Morgan fingerprint density at radius 2 is 1.66 bits per heavy atom. The fourth-order valence-corrected chi connectivity index (χ4v) is 8.03. The molecule has 0 aliphatic carbocycles. The lowest BCUT2D eigenvalue weighted by molar-refractivity contribution is -0.126. The number of hydrogen-bond acceptors (Lipinski definition) is 12. The number of nitrogens with zero attached hydrogens (tertiary/aromatic N) is 6. The molecule has 0 spiro atoms. The maximum Gasteiger partial charge on any atom is 0.325 e. The summed E-state index contributed by atoms with van der Waals surface area (Å²) in [5.74, 6) is 0.242. The number of amidine groups is 1. The number of primary amides is 1. The van der Waals surface area contributed by atoms with Crippen LogP contribution in [0.25, 0.3) is 10.8 Å². The second kappa shape index (κ2) is 18.5. The molecule has 8 N–H and O–H groups in total. The quantitative estimate of drug-likeness (QED) is 0.0455. The van der Waals surface area contributed by atoms with E-state index in [1.165, 1.54) is 12.1 Å². The molecule has 7 rings (SSSR count). The lowest BCUT2D eigenvalue weighted by Gasteiger charge is -2.38. The number of fused-ring (bicyclic) bond motifs is 2. The molecule has 62 heavy (non-hydrogen) atoms. The normalized spacial score (nSPS) is 13.8. The van der Waals surface area contributed by atoms with Gasteiger partial charge in [-0.15, -0.1) is 0 Å². The summed E-state index contributed by atoms with van der Waals surface area (Å²) >= 11 is 0. The number of anilines is 4. The van der Waals surface area contributed by atoms with E-state index in [0.29, 0.717) is 75.9 Å². The number of aromatic nitrogens is 2. The van der Waals surface area contributed by atoms with Crippen LogP contribution >= 0.6 is 0 Å². The molecular formula is C46H52N10O6. The monoisotopic (exact) mass is 840 g/mol. The first kappa shape index (κ1) is 42.8. The van der Waals surface area contributed by atoms with E-state index in [0.717, 1.165) is 50.1 Å². The number of amides is 4. The van der Waals surface area contributed by atoms with Gasteiger partial charge in [-0.3, -0.25) is 15.0 Å². The van der Waals surface area contributed by atoms with Crippen LogP contribution in [0.2, 0.25) is 0 Å². The maximum absolute atomic E-state index is 13.0. The Kier molecular flexibility index (Phi) is 12.8. The van der Waals surface area contributed by atoms with Gasteiger partial charge in [-0.05, 0) is 65.6 Å². The first-order chi connectivity index (χ1) is 29.8. The summed E-state index contributed by atoms with van der Waals surface area (Å²) < 4.78 is 0. The highest BCUT2D eigenvalue weighted by Gasteiger charge is 2.29. The minimum atomic E-state index is -0.914. The SMILES string of the molecule is C=CC(=O)N1CCN(c2nc(NCCC(=O)NCCc3ccc(N(C(=N)c4cc(C(C)C)c(O)cc4O)C(N)=O)cc3)nc3c2CCN(c2cc(O)cc4ccccc24)C3)CC1.